The van der Waals surface area contributed by atoms with Gasteiger partial charge in [0.05, 0.1) is 6.54 Å². The summed E-state index contributed by atoms with van der Waals surface area (Å²) in [6.45, 7) is 8.49. The Bertz CT molecular complexity index is 664. The van der Waals surface area contributed by atoms with Crippen LogP contribution in [0.1, 0.15) is 37.8 Å². The Morgan fingerprint density at radius 3 is 2.56 bits per heavy atom. The number of piperidine rings is 1. The highest BCUT2D eigenvalue weighted by Crippen LogP contribution is 2.18. The number of fused-ring (bicyclic) bond motifs is 1. The number of guanidine groups is 1. The molecule has 1 aromatic rings. The van der Waals surface area contributed by atoms with Gasteiger partial charge in [-0.25, -0.2) is 0 Å². The summed E-state index contributed by atoms with van der Waals surface area (Å²) in [6, 6.07) is 9.41. The van der Waals surface area contributed by atoms with E-state index in [1.807, 2.05) is 11.0 Å². The minimum atomic E-state index is 0.127. The fourth-order valence-electron chi connectivity index (χ4n) is 3.93. The molecule has 2 aliphatic rings. The number of carbonyl (C=O) groups is 1. The highest BCUT2D eigenvalue weighted by molar-refractivity contribution is 5.86. The molecule has 0 aliphatic carbocycles. The number of aliphatic imine (C=N–C) groups is 1. The first-order chi connectivity index (χ1) is 13.1. The number of benzene rings is 1. The largest absolute Gasteiger partial charge is 0.354 e. The second-order valence-corrected chi connectivity index (χ2v) is 7.81. The third kappa shape index (κ3) is 5.22. The van der Waals surface area contributed by atoms with Crippen LogP contribution in [0, 0.1) is 0 Å². The van der Waals surface area contributed by atoms with E-state index in [1.165, 1.54) is 11.1 Å². The molecule has 2 N–H and O–H groups in total. The van der Waals surface area contributed by atoms with Crippen molar-refractivity contribution >= 4 is 11.9 Å². The molecule has 0 unspecified atom stereocenters. The summed E-state index contributed by atoms with van der Waals surface area (Å²) in [4.78, 5) is 21.4. The average molecular weight is 372 g/mol. The van der Waals surface area contributed by atoms with Gasteiger partial charge in [-0.05, 0) is 44.2 Å². The van der Waals surface area contributed by atoms with E-state index in [1.54, 1.807) is 7.05 Å². The maximum absolute atomic E-state index is 12.6. The van der Waals surface area contributed by atoms with Crippen LogP contribution in [0.15, 0.2) is 29.3 Å². The fourth-order valence-corrected chi connectivity index (χ4v) is 3.93. The minimum absolute atomic E-state index is 0.127. The van der Waals surface area contributed by atoms with E-state index in [2.05, 4.69) is 52.6 Å². The monoisotopic (exact) mass is 371 g/mol. The van der Waals surface area contributed by atoms with E-state index < -0.39 is 0 Å². The summed E-state index contributed by atoms with van der Waals surface area (Å²) in [5.74, 6) is 0.853. The van der Waals surface area contributed by atoms with Crippen molar-refractivity contribution in [2.24, 2.45) is 4.99 Å². The van der Waals surface area contributed by atoms with Crippen molar-refractivity contribution in [3.05, 3.63) is 35.4 Å². The van der Waals surface area contributed by atoms with Crippen LogP contribution in [0.25, 0.3) is 0 Å². The molecule has 0 atom stereocenters. The highest BCUT2D eigenvalue weighted by atomic mass is 16.2. The number of nitrogens with zero attached hydrogens (tertiary/aromatic N) is 3. The fraction of sp³-hybridized carbons (Fsp3) is 0.619. The third-order valence-corrected chi connectivity index (χ3v) is 5.71. The molecule has 0 bridgehead atoms. The Balaban J connectivity index is 1.44. The van der Waals surface area contributed by atoms with Crippen LogP contribution in [-0.2, 0) is 17.8 Å². The Hall–Kier alpha value is -2.08. The molecule has 1 amide bonds. The molecule has 1 fully saturated rings. The number of rotatable bonds is 4. The summed E-state index contributed by atoms with van der Waals surface area (Å²) in [7, 11) is 1.76. The molecule has 0 spiro atoms. The average Bonchev–Trinajstić information content (AvgIpc) is 2.70. The topological polar surface area (TPSA) is 60.0 Å². The molecule has 1 aromatic carbocycles. The lowest BCUT2D eigenvalue weighted by Crippen LogP contribution is -2.51. The summed E-state index contributed by atoms with van der Waals surface area (Å²) in [5, 5.41) is 6.69. The third-order valence-electron chi connectivity index (χ3n) is 5.71. The lowest BCUT2D eigenvalue weighted by Gasteiger charge is -2.35. The smallest absolute Gasteiger partial charge is 0.242 e. The summed E-state index contributed by atoms with van der Waals surface area (Å²) in [5.41, 5.74) is 2.62. The molecule has 0 aromatic heterocycles. The molecule has 1 saturated heterocycles. The predicted molar refractivity (Wildman–Crippen MR) is 110 cm³/mol. The number of likely N-dealkylation sites (tertiary alicyclic amines) is 1. The molecule has 148 valence electrons. The molecule has 27 heavy (non-hydrogen) atoms. The van der Waals surface area contributed by atoms with Gasteiger partial charge in [0, 0.05) is 45.3 Å². The van der Waals surface area contributed by atoms with Crippen molar-refractivity contribution in [1.82, 2.24) is 20.4 Å². The van der Waals surface area contributed by atoms with Crippen LogP contribution in [0.2, 0.25) is 0 Å². The Morgan fingerprint density at radius 2 is 1.89 bits per heavy atom. The molecule has 6 nitrogen and oxygen atoms in total. The molecule has 0 saturated carbocycles. The zero-order valence-electron chi connectivity index (χ0n) is 16.9. The molecule has 2 aliphatic heterocycles. The molecular weight excluding hydrogens is 338 g/mol. The van der Waals surface area contributed by atoms with Crippen LogP contribution < -0.4 is 10.6 Å². The molecule has 0 radical (unpaired) electrons. The molecule has 3 rings (SSSR count). The maximum Gasteiger partial charge on any atom is 0.242 e. The Labute approximate surface area is 163 Å². The molecule has 6 heteroatoms. The Kier molecular flexibility index (Phi) is 6.72. The van der Waals surface area contributed by atoms with Gasteiger partial charge in [-0.3, -0.25) is 9.79 Å². The van der Waals surface area contributed by atoms with Gasteiger partial charge in [0.25, 0.3) is 0 Å². The summed E-state index contributed by atoms with van der Waals surface area (Å²) in [6.07, 6.45) is 3.15. The number of hydrogen-bond acceptors (Lipinski definition) is 3. The van der Waals surface area contributed by atoms with Gasteiger partial charge in [0.15, 0.2) is 5.96 Å². The second-order valence-electron chi connectivity index (χ2n) is 7.81. The van der Waals surface area contributed by atoms with Crippen LogP contribution in [0.3, 0.4) is 0 Å². The molecular formula is C21H33N5O. The van der Waals surface area contributed by atoms with Gasteiger partial charge in [-0.2, -0.15) is 0 Å². The zero-order chi connectivity index (χ0) is 19.2. The van der Waals surface area contributed by atoms with Crippen LogP contribution in [0.5, 0.6) is 0 Å². The minimum Gasteiger partial charge on any atom is -0.354 e. The predicted octanol–water partition coefficient (Wildman–Crippen LogP) is 1.61. The normalized spacial score (nSPS) is 19.1. The first kappa shape index (κ1) is 19.7. The van der Waals surface area contributed by atoms with Gasteiger partial charge in [0.1, 0.15) is 0 Å². The van der Waals surface area contributed by atoms with Gasteiger partial charge in [-0.15, -0.1) is 0 Å². The number of hydrogen-bond donors (Lipinski definition) is 2. The number of nitrogens with one attached hydrogen (secondary N) is 2. The second kappa shape index (κ2) is 9.22. The van der Waals surface area contributed by atoms with Crippen molar-refractivity contribution in [2.75, 3.05) is 33.2 Å². The number of carbonyl (C=O) groups excluding carboxylic acids is 1. The van der Waals surface area contributed by atoms with Gasteiger partial charge >= 0.3 is 0 Å². The molecule has 2 heterocycles. The maximum atomic E-state index is 12.6. The van der Waals surface area contributed by atoms with E-state index in [-0.39, 0.29) is 12.5 Å². The van der Waals surface area contributed by atoms with E-state index in [0.717, 1.165) is 44.9 Å². The van der Waals surface area contributed by atoms with Crippen molar-refractivity contribution in [2.45, 2.75) is 51.7 Å². The van der Waals surface area contributed by atoms with E-state index in [0.29, 0.717) is 18.6 Å². The SMILES string of the molecule is CN=C(NCC(=O)N1CCc2ccccc2C1)NC1CCN(C(C)C)CC1. The highest BCUT2D eigenvalue weighted by Gasteiger charge is 2.23. The van der Waals surface area contributed by atoms with E-state index in [9.17, 15) is 4.79 Å². The van der Waals surface area contributed by atoms with Crippen molar-refractivity contribution in [3.63, 3.8) is 0 Å². The van der Waals surface area contributed by atoms with Gasteiger partial charge in [0.2, 0.25) is 5.91 Å². The zero-order valence-corrected chi connectivity index (χ0v) is 16.9. The van der Waals surface area contributed by atoms with E-state index in [4.69, 9.17) is 0 Å². The quantitative estimate of drug-likeness (QED) is 0.624. The van der Waals surface area contributed by atoms with Crippen molar-refractivity contribution < 1.29 is 4.79 Å². The van der Waals surface area contributed by atoms with Gasteiger partial charge < -0.3 is 20.4 Å². The number of amides is 1. The standard InChI is InChI=1S/C21H33N5O/c1-16(2)25-12-9-19(10-13-25)24-21(22-3)23-14-20(27)26-11-8-17-6-4-5-7-18(17)15-26/h4-7,16,19H,8-15H2,1-3H3,(H2,22,23,24). The van der Waals surface area contributed by atoms with Crippen LogP contribution in [0.4, 0.5) is 0 Å². The van der Waals surface area contributed by atoms with Crippen molar-refractivity contribution in [3.8, 4) is 0 Å². The van der Waals surface area contributed by atoms with Crippen LogP contribution >= 0.6 is 0 Å². The lowest BCUT2D eigenvalue weighted by molar-refractivity contribution is -0.130. The lowest BCUT2D eigenvalue weighted by atomic mass is 10.00. The summed E-state index contributed by atoms with van der Waals surface area (Å²) >= 11 is 0. The van der Waals surface area contributed by atoms with E-state index >= 15 is 0 Å². The van der Waals surface area contributed by atoms with Crippen molar-refractivity contribution in [1.29, 1.82) is 0 Å². The van der Waals surface area contributed by atoms with Crippen LogP contribution in [-0.4, -0.2) is 67.0 Å². The Morgan fingerprint density at radius 1 is 1.19 bits per heavy atom. The first-order valence-corrected chi connectivity index (χ1v) is 10.1. The summed E-state index contributed by atoms with van der Waals surface area (Å²) < 4.78 is 0. The first-order valence-electron chi connectivity index (χ1n) is 10.1. The van der Waals surface area contributed by atoms with Gasteiger partial charge in [-0.1, -0.05) is 24.3 Å².